The van der Waals surface area contributed by atoms with E-state index in [1.165, 1.54) is 12.5 Å². The average Bonchev–Trinajstić information content (AvgIpc) is 2.94. The minimum Gasteiger partial charge on any atom is -0.461 e. The Bertz CT molecular complexity index is 579. The minimum atomic E-state index is -0.330. The Hall–Kier alpha value is -2.11. The number of carbonyl (C=O) groups is 1. The Labute approximate surface area is 130 Å². The molecule has 1 aromatic carbocycles. The lowest BCUT2D eigenvalue weighted by Gasteiger charge is -2.20. The van der Waals surface area contributed by atoms with E-state index in [9.17, 15) is 9.90 Å². The molecule has 0 fully saturated rings. The van der Waals surface area contributed by atoms with Crippen molar-refractivity contribution in [1.29, 1.82) is 0 Å². The molecule has 5 nitrogen and oxygen atoms in total. The monoisotopic (exact) mass is 303 g/mol. The van der Waals surface area contributed by atoms with Crippen LogP contribution in [0.15, 0.2) is 46.9 Å². The number of carbonyl (C=O) groups excluding carboxylic acids is 1. The van der Waals surface area contributed by atoms with Gasteiger partial charge in [-0.2, -0.15) is 0 Å². The molecule has 22 heavy (non-hydrogen) atoms. The van der Waals surface area contributed by atoms with Gasteiger partial charge in [0.25, 0.3) is 0 Å². The van der Waals surface area contributed by atoms with Gasteiger partial charge >= 0.3 is 5.97 Å². The third-order valence-electron chi connectivity index (χ3n) is 3.18. The van der Waals surface area contributed by atoms with Crippen LogP contribution in [0.2, 0.25) is 0 Å². The molecule has 118 valence electrons. The first kappa shape index (κ1) is 16.3. The Morgan fingerprint density at radius 2 is 1.86 bits per heavy atom. The summed E-state index contributed by atoms with van der Waals surface area (Å²) in [5.41, 5.74) is 1.18. The fourth-order valence-corrected chi connectivity index (χ4v) is 2.18. The molecule has 0 amide bonds. The zero-order chi connectivity index (χ0) is 15.8. The number of nitrogens with zero attached hydrogens (tertiary/aromatic N) is 1. The van der Waals surface area contributed by atoms with Gasteiger partial charge in [-0.25, -0.2) is 0 Å². The lowest BCUT2D eigenvalue weighted by molar-refractivity contribution is -0.142. The van der Waals surface area contributed by atoms with Gasteiger partial charge in [0.05, 0.1) is 13.2 Å². The molecule has 1 N–H and O–H groups in total. The number of aliphatic hydroxyl groups is 1. The second-order valence-electron chi connectivity index (χ2n) is 5.07. The van der Waals surface area contributed by atoms with E-state index in [4.69, 9.17) is 9.15 Å². The molecule has 0 aliphatic heterocycles. The highest BCUT2D eigenvalue weighted by molar-refractivity contribution is 5.65. The third kappa shape index (κ3) is 5.35. The second-order valence-corrected chi connectivity index (χ2v) is 5.07. The normalized spacial score (nSPS) is 10.9. The zero-order valence-corrected chi connectivity index (χ0v) is 12.7. The molecule has 5 heteroatoms. The average molecular weight is 303 g/mol. The van der Waals surface area contributed by atoms with Crippen LogP contribution >= 0.6 is 0 Å². The fraction of sp³-hybridized carbons (Fsp3) is 0.353. The number of esters is 1. The summed E-state index contributed by atoms with van der Waals surface area (Å²) in [6, 6.07) is 13.8. The van der Waals surface area contributed by atoms with Crippen molar-refractivity contribution in [2.24, 2.45) is 0 Å². The summed E-state index contributed by atoms with van der Waals surface area (Å²) in [5, 5.41) is 9.21. The van der Waals surface area contributed by atoms with Crippen LogP contribution in [-0.2, 0) is 29.2 Å². The Morgan fingerprint density at radius 3 is 2.55 bits per heavy atom. The predicted molar refractivity (Wildman–Crippen MR) is 81.8 cm³/mol. The summed E-state index contributed by atoms with van der Waals surface area (Å²) in [6.07, 6.45) is 0. The predicted octanol–water partition coefficient (Wildman–Crippen LogP) is 2.34. The van der Waals surface area contributed by atoms with Gasteiger partial charge in [0.1, 0.15) is 18.1 Å². The maximum atomic E-state index is 10.8. The number of rotatable bonds is 8. The van der Waals surface area contributed by atoms with Gasteiger partial charge in [-0.15, -0.1) is 0 Å². The molecular weight excluding hydrogens is 282 g/mol. The maximum Gasteiger partial charge on any atom is 0.303 e. The van der Waals surface area contributed by atoms with Crippen LogP contribution in [0.5, 0.6) is 0 Å². The van der Waals surface area contributed by atoms with Gasteiger partial charge in [-0.3, -0.25) is 9.69 Å². The van der Waals surface area contributed by atoms with E-state index in [1.807, 2.05) is 24.3 Å². The van der Waals surface area contributed by atoms with Crippen LogP contribution in [0.25, 0.3) is 0 Å². The summed E-state index contributed by atoms with van der Waals surface area (Å²) in [4.78, 5) is 12.9. The van der Waals surface area contributed by atoms with Crippen LogP contribution in [0, 0.1) is 0 Å². The van der Waals surface area contributed by atoms with Crippen LogP contribution in [-0.4, -0.2) is 29.1 Å². The van der Waals surface area contributed by atoms with Gasteiger partial charge in [-0.05, 0) is 17.7 Å². The minimum absolute atomic E-state index is 0.0911. The molecule has 0 atom stereocenters. The molecule has 0 unspecified atom stereocenters. The highest BCUT2D eigenvalue weighted by Gasteiger charge is 2.10. The topological polar surface area (TPSA) is 62.9 Å². The first-order valence-corrected chi connectivity index (χ1v) is 7.25. The van der Waals surface area contributed by atoms with Crippen molar-refractivity contribution in [2.45, 2.75) is 26.6 Å². The van der Waals surface area contributed by atoms with Crippen molar-refractivity contribution in [3.63, 3.8) is 0 Å². The molecular formula is C17H21NO4. The molecule has 2 aromatic rings. The first-order valence-electron chi connectivity index (χ1n) is 7.25. The van der Waals surface area contributed by atoms with Gasteiger partial charge in [0, 0.05) is 20.0 Å². The number of benzene rings is 1. The molecule has 0 saturated carbocycles. The van der Waals surface area contributed by atoms with Crippen LogP contribution < -0.4 is 0 Å². The number of aliphatic hydroxyl groups excluding tert-OH is 1. The van der Waals surface area contributed by atoms with Gasteiger partial charge in [0.15, 0.2) is 0 Å². The highest BCUT2D eigenvalue weighted by atomic mass is 16.5. The Balaban J connectivity index is 1.94. The molecule has 0 aliphatic rings. The van der Waals surface area contributed by atoms with Crippen molar-refractivity contribution in [2.75, 3.05) is 13.2 Å². The summed E-state index contributed by atoms with van der Waals surface area (Å²) in [7, 11) is 0. The smallest absolute Gasteiger partial charge is 0.303 e. The van der Waals surface area contributed by atoms with Crippen LogP contribution in [0.3, 0.4) is 0 Å². The number of furan rings is 1. The lowest BCUT2D eigenvalue weighted by atomic mass is 10.2. The Morgan fingerprint density at radius 1 is 1.14 bits per heavy atom. The number of ether oxygens (including phenoxy) is 1. The van der Waals surface area contributed by atoms with Gasteiger partial charge < -0.3 is 14.3 Å². The molecule has 0 aliphatic carbocycles. The molecule has 1 heterocycles. The van der Waals surface area contributed by atoms with Crippen molar-refractivity contribution in [3.8, 4) is 0 Å². The van der Waals surface area contributed by atoms with E-state index >= 15 is 0 Å². The largest absolute Gasteiger partial charge is 0.461 e. The summed E-state index contributed by atoms with van der Waals surface area (Å²) < 4.78 is 10.6. The van der Waals surface area contributed by atoms with Crippen molar-refractivity contribution in [1.82, 2.24) is 4.90 Å². The van der Waals surface area contributed by atoms with E-state index in [0.29, 0.717) is 18.8 Å². The summed E-state index contributed by atoms with van der Waals surface area (Å²) in [5.74, 6) is 1.07. The number of hydrogen-bond donors (Lipinski definition) is 1. The van der Waals surface area contributed by atoms with E-state index < -0.39 is 0 Å². The quantitative estimate of drug-likeness (QED) is 0.758. The molecule has 0 bridgehead atoms. The zero-order valence-electron chi connectivity index (χ0n) is 12.7. The second kappa shape index (κ2) is 8.36. The Kier molecular flexibility index (Phi) is 6.18. The molecule has 1 aromatic heterocycles. The van der Waals surface area contributed by atoms with Crippen LogP contribution in [0.4, 0.5) is 0 Å². The van der Waals surface area contributed by atoms with E-state index in [-0.39, 0.29) is 19.2 Å². The van der Waals surface area contributed by atoms with E-state index in [0.717, 1.165) is 12.3 Å². The maximum absolute atomic E-state index is 10.8. The summed E-state index contributed by atoms with van der Waals surface area (Å²) in [6.45, 7) is 3.50. The fourth-order valence-electron chi connectivity index (χ4n) is 2.18. The van der Waals surface area contributed by atoms with E-state index in [2.05, 4.69) is 17.0 Å². The van der Waals surface area contributed by atoms with Crippen LogP contribution in [0.1, 0.15) is 24.0 Å². The highest BCUT2D eigenvalue weighted by Crippen LogP contribution is 2.14. The van der Waals surface area contributed by atoms with Gasteiger partial charge in [-0.1, -0.05) is 30.3 Å². The van der Waals surface area contributed by atoms with Crippen molar-refractivity contribution < 1.29 is 19.1 Å². The molecule has 0 radical (unpaired) electrons. The first-order chi connectivity index (χ1) is 10.7. The van der Waals surface area contributed by atoms with Crippen molar-refractivity contribution in [3.05, 3.63) is 59.5 Å². The lowest BCUT2D eigenvalue weighted by Crippen LogP contribution is -2.25. The van der Waals surface area contributed by atoms with E-state index in [1.54, 1.807) is 6.07 Å². The SMILES string of the molecule is CC(=O)OCc1ccc(CN(CCO)Cc2ccccc2)o1. The van der Waals surface area contributed by atoms with Crippen molar-refractivity contribution >= 4 is 5.97 Å². The molecule has 2 rings (SSSR count). The summed E-state index contributed by atoms with van der Waals surface area (Å²) >= 11 is 0. The third-order valence-corrected chi connectivity index (χ3v) is 3.18. The molecule has 0 saturated heterocycles. The molecule has 0 spiro atoms. The van der Waals surface area contributed by atoms with Gasteiger partial charge in [0.2, 0.25) is 0 Å². The number of hydrogen-bond acceptors (Lipinski definition) is 5. The standard InChI is InChI=1S/C17H21NO4/c1-14(20)21-13-17-8-7-16(22-17)12-18(9-10-19)11-15-5-3-2-4-6-15/h2-8,19H,9-13H2,1H3.